The second-order valence-corrected chi connectivity index (χ2v) is 12.5. The van der Waals surface area contributed by atoms with E-state index in [-0.39, 0.29) is 6.10 Å². The molecule has 1 rings (SSSR count). The molecule has 0 saturated carbocycles. The van der Waals surface area contributed by atoms with Crippen LogP contribution in [0.25, 0.3) is 0 Å². The fourth-order valence-corrected chi connectivity index (χ4v) is 3.42. The fraction of sp³-hybridized carbons (Fsp3) is 0.882. The number of hydrogen-bond acceptors (Lipinski definition) is 2. The molecule has 3 heteroatoms. The van der Waals surface area contributed by atoms with Crippen LogP contribution in [-0.2, 0) is 4.43 Å². The van der Waals surface area contributed by atoms with Gasteiger partial charge in [0.25, 0.3) is 0 Å². The largest absolute Gasteiger partial charge is 0.417 e. The molecule has 0 aromatic heterocycles. The van der Waals surface area contributed by atoms with E-state index in [1.165, 1.54) is 18.4 Å². The van der Waals surface area contributed by atoms with Gasteiger partial charge >= 0.3 is 0 Å². The van der Waals surface area contributed by atoms with E-state index in [9.17, 15) is 5.11 Å². The van der Waals surface area contributed by atoms with Crippen molar-refractivity contribution in [2.75, 3.05) is 6.61 Å². The Morgan fingerprint density at radius 1 is 1.25 bits per heavy atom. The van der Waals surface area contributed by atoms with Crippen molar-refractivity contribution in [2.24, 2.45) is 0 Å². The Morgan fingerprint density at radius 3 is 2.50 bits per heavy atom. The third-order valence-electron chi connectivity index (χ3n) is 4.90. The summed E-state index contributed by atoms with van der Waals surface area (Å²) in [5, 5.41) is 10.5. The quantitative estimate of drug-likeness (QED) is 0.405. The first-order valence-electron chi connectivity index (χ1n) is 8.25. The van der Waals surface area contributed by atoms with E-state index >= 15 is 0 Å². The topological polar surface area (TPSA) is 29.5 Å². The van der Waals surface area contributed by atoms with Crippen molar-refractivity contribution in [1.82, 2.24) is 0 Å². The van der Waals surface area contributed by atoms with Gasteiger partial charge in [0.15, 0.2) is 8.32 Å². The Hall–Kier alpha value is -0.123. The van der Waals surface area contributed by atoms with Crippen molar-refractivity contribution in [3.05, 3.63) is 11.6 Å². The number of hydrogen-bond donors (Lipinski definition) is 1. The molecule has 20 heavy (non-hydrogen) atoms. The Labute approximate surface area is 126 Å². The van der Waals surface area contributed by atoms with Crippen molar-refractivity contribution in [3.8, 4) is 0 Å². The van der Waals surface area contributed by atoms with Crippen LogP contribution < -0.4 is 0 Å². The van der Waals surface area contributed by atoms with E-state index in [4.69, 9.17) is 4.43 Å². The number of aliphatic hydroxyl groups excluding tert-OH is 1. The summed E-state index contributed by atoms with van der Waals surface area (Å²) in [4.78, 5) is 0. The van der Waals surface area contributed by atoms with Gasteiger partial charge in [0.05, 0.1) is 6.10 Å². The summed E-state index contributed by atoms with van der Waals surface area (Å²) >= 11 is 0. The van der Waals surface area contributed by atoms with Crippen LogP contribution in [-0.4, -0.2) is 26.1 Å². The van der Waals surface area contributed by atoms with Crippen molar-refractivity contribution in [3.63, 3.8) is 0 Å². The minimum absolute atomic E-state index is 0.205. The normalized spacial score (nSPS) is 18.8. The predicted molar refractivity (Wildman–Crippen MR) is 89.6 cm³/mol. The Bertz CT molecular complexity index is 315. The monoisotopic (exact) mass is 298 g/mol. The highest BCUT2D eigenvalue weighted by Gasteiger charge is 2.36. The first-order valence-corrected chi connectivity index (χ1v) is 11.2. The highest BCUT2D eigenvalue weighted by Crippen LogP contribution is 2.36. The van der Waals surface area contributed by atoms with E-state index in [2.05, 4.69) is 39.9 Å². The van der Waals surface area contributed by atoms with Gasteiger partial charge in [-0.25, -0.2) is 0 Å². The summed E-state index contributed by atoms with van der Waals surface area (Å²) in [6.07, 6.45) is 9.86. The highest BCUT2D eigenvalue weighted by atomic mass is 28.4. The molecule has 0 aromatic rings. The van der Waals surface area contributed by atoms with E-state index < -0.39 is 8.32 Å². The zero-order valence-electron chi connectivity index (χ0n) is 14.2. The lowest BCUT2D eigenvalue weighted by molar-refractivity contribution is 0.184. The van der Waals surface area contributed by atoms with Crippen LogP contribution in [0.2, 0.25) is 18.1 Å². The first-order chi connectivity index (χ1) is 9.24. The van der Waals surface area contributed by atoms with Gasteiger partial charge in [-0.2, -0.15) is 0 Å². The van der Waals surface area contributed by atoms with Crippen LogP contribution in [0.3, 0.4) is 0 Å². The number of aliphatic hydroxyl groups is 1. The number of unbranched alkanes of at least 4 members (excludes halogenated alkanes) is 1. The van der Waals surface area contributed by atoms with Crippen LogP contribution in [0.15, 0.2) is 11.6 Å². The Balaban J connectivity index is 2.17. The molecule has 0 aromatic carbocycles. The molecular formula is C17H34O2Si. The summed E-state index contributed by atoms with van der Waals surface area (Å²) in [5.74, 6) is 0. The van der Waals surface area contributed by atoms with Gasteiger partial charge in [-0.15, -0.1) is 0 Å². The van der Waals surface area contributed by atoms with Gasteiger partial charge in [-0.05, 0) is 68.7 Å². The molecule has 0 spiro atoms. The molecular weight excluding hydrogens is 264 g/mol. The van der Waals surface area contributed by atoms with E-state index in [1.807, 2.05) is 0 Å². The van der Waals surface area contributed by atoms with Crippen molar-refractivity contribution in [1.29, 1.82) is 0 Å². The first kappa shape index (κ1) is 17.9. The lowest BCUT2D eigenvalue weighted by atomic mass is 9.93. The lowest BCUT2D eigenvalue weighted by Crippen LogP contribution is -2.40. The standard InChI is InChI=1S/C17H34O2Si/c1-17(2,3)20(4,5)19-14-10-9-13-16(18)15-11-7-6-8-12-15/h11,16,18H,6-10,12-14H2,1-5H3/t16-/m0/s1. The molecule has 1 N–H and O–H groups in total. The molecule has 0 aliphatic heterocycles. The third-order valence-corrected chi connectivity index (χ3v) is 9.43. The minimum Gasteiger partial charge on any atom is -0.417 e. The maximum absolute atomic E-state index is 10.2. The van der Waals surface area contributed by atoms with Crippen molar-refractivity contribution in [2.45, 2.75) is 90.0 Å². The molecule has 0 bridgehead atoms. The second-order valence-electron chi connectivity index (χ2n) is 7.65. The molecule has 2 nitrogen and oxygen atoms in total. The molecule has 0 radical (unpaired) electrons. The van der Waals surface area contributed by atoms with Crippen LogP contribution in [0, 0.1) is 0 Å². The molecule has 1 atom stereocenters. The molecule has 0 unspecified atom stereocenters. The number of rotatable bonds is 7. The van der Waals surface area contributed by atoms with Gasteiger partial charge in [0.1, 0.15) is 0 Å². The van der Waals surface area contributed by atoms with E-state index in [0.29, 0.717) is 5.04 Å². The molecule has 0 amide bonds. The van der Waals surface area contributed by atoms with Crippen LogP contribution >= 0.6 is 0 Å². The van der Waals surface area contributed by atoms with Crippen molar-refractivity contribution < 1.29 is 9.53 Å². The number of allylic oxidation sites excluding steroid dienone is 1. The predicted octanol–water partition coefficient (Wildman–Crippen LogP) is 5.04. The smallest absolute Gasteiger partial charge is 0.191 e. The third kappa shape index (κ3) is 5.70. The van der Waals surface area contributed by atoms with Crippen LogP contribution in [0.1, 0.15) is 65.7 Å². The Morgan fingerprint density at radius 2 is 1.95 bits per heavy atom. The zero-order valence-corrected chi connectivity index (χ0v) is 15.2. The summed E-state index contributed by atoms with van der Waals surface area (Å²) in [5.41, 5.74) is 1.28. The molecule has 1 aliphatic rings. The Kier molecular flexibility index (Phi) is 6.96. The molecule has 0 heterocycles. The summed E-state index contributed by atoms with van der Waals surface area (Å²) in [7, 11) is -1.59. The lowest BCUT2D eigenvalue weighted by Gasteiger charge is -2.36. The maximum Gasteiger partial charge on any atom is 0.191 e. The summed E-state index contributed by atoms with van der Waals surface area (Å²) < 4.78 is 6.16. The molecule has 0 saturated heterocycles. The fourth-order valence-electron chi connectivity index (χ4n) is 2.33. The molecule has 1 aliphatic carbocycles. The average Bonchev–Trinajstić information content (AvgIpc) is 2.37. The summed E-state index contributed by atoms with van der Waals surface area (Å²) in [6, 6.07) is 0. The van der Waals surface area contributed by atoms with Gasteiger partial charge in [-0.1, -0.05) is 26.8 Å². The van der Waals surface area contributed by atoms with Gasteiger partial charge < -0.3 is 9.53 Å². The second kappa shape index (κ2) is 7.76. The van der Waals surface area contributed by atoms with Gasteiger partial charge in [0, 0.05) is 6.61 Å². The van der Waals surface area contributed by atoms with Gasteiger partial charge in [0.2, 0.25) is 0 Å². The van der Waals surface area contributed by atoms with Crippen LogP contribution in [0.4, 0.5) is 0 Å². The minimum atomic E-state index is -1.59. The van der Waals surface area contributed by atoms with Crippen LogP contribution in [0.5, 0.6) is 0 Å². The molecule has 118 valence electrons. The average molecular weight is 299 g/mol. The highest BCUT2D eigenvalue weighted by molar-refractivity contribution is 6.74. The SMILES string of the molecule is CC(C)(C)[Si](C)(C)OCCCC[C@H](O)C1=CCCCC1. The maximum atomic E-state index is 10.2. The van der Waals surface area contributed by atoms with Gasteiger partial charge in [-0.3, -0.25) is 0 Å². The summed E-state index contributed by atoms with van der Waals surface area (Å²) in [6.45, 7) is 12.3. The van der Waals surface area contributed by atoms with Crippen molar-refractivity contribution >= 4 is 8.32 Å². The van der Waals surface area contributed by atoms with E-state index in [0.717, 1.165) is 38.7 Å². The molecule has 0 fully saturated rings. The zero-order chi connectivity index (χ0) is 15.2. The van der Waals surface area contributed by atoms with E-state index in [1.54, 1.807) is 0 Å².